The molecule has 2 N–H and O–H groups in total. The normalized spacial score (nSPS) is 13.8. The van der Waals surface area contributed by atoms with E-state index in [1.807, 2.05) is 24.3 Å². The van der Waals surface area contributed by atoms with Gasteiger partial charge in [0.1, 0.15) is 11.8 Å². The lowest BCUT2D eigenvalue weighted by molar-refractivity contribution is -0.138. The number of urea groups is 1. The van der Waals surface area contributed by atoms with Gasteiger partial charge in [-0.25, -0.2) is 4.79 Å². The Morgan fingerprint density at radius 1 is 1.25 bits per heavy atom. The van der Waals surface area contributed by atoms with Crippen molar-refractivity contribution in [2.24, 2.45) is 0 Å². The Hall–Kier alpha value is -2.73. The van der Waals surface area contributed by atoms with Crippen LogP contribution in [0.5, 0.6) is 11.5 Å². The molecule has 2 amide bonds. The Balaban J connectivity index is 2.02. The number of carboxylic acids is 1. The summed E-state index contributed by atoms with van der Waals surface area (Å²) in [4.78, 5) is 25.0. The number of para-hydroxylation sites is 1. The molecule has 1 heterocycles. The molecule has 1 aliphatic rings. The van der Waals surface area contributed by atoms with E-state index in [0.29, 0.717) is 22.2 Å². The number of carboxylic acid groups (broad SMARTS) is 1. The van der Waals surface area contributed by atoms with Gasteiger partial charge in [-0.05, 0) is 31.2 Å². The first kappa shape index (κ1) is 16.1. The minimum Gasteiger partial charge on any atom is -0.480 e. The quantitative estimate of drug-likeness (QED) is 0.870. The monoisotopic (exact) mass is 346 g/mol. The third-order valence-electron chi connectivity index (χ3n) is 3.69. The number of nitrogens with one attached hydrogen (secondary N) is 1. The molecule has 7 heteroatoms. The van der Waals surface area contributed by atoms with E-state index in [4.69, 9.17) is 21.4 Å². The predicted molar refractivity (Wildman–Crippen MR) is 89.8 cm³/mol. The number of hydrogen-bond acceptors (Lipinski definition) is 3. The Labute approximate surface area is 143 Å². The van der Waals surface area contributed by atoms with Crippen molar-refractivity contribution < 1.29 is 19.4 Å². The topological polar surface area (TPSA) is 78.9 Å². The molecule has 0 aliphatic carbocycles. The zero-order valence-corrected chi connectivity index (χ0v) is 13.6. The third kappa shape index (κ3) is 3.14. The van der Waals surface area contributed by atoms with Crippen molar-refractivity contribution in [2.75, 3.05) is 4.90 Å². The summed E-state index contributed by atoms with van der Waals surface area (Å²) in [6, 6.07) is 10.8. The second-order valence-electron chi connectivity index (χ2n) is 5.42. The average Bonchev–Trinajstić information content (AvgIpc) is 2.71. The zero-order valence-electron chi connectivity index (χ0n) is 12.8. The first-order chi connectivity index (χ1) is 11.5. The molecule has 0 unspecified atom stereocenters. The minimum absolute atomic E-state index is 0.238. The molecule has 1 aliphatic heterocycles. The number of nitrogens with zero attached hydrogens (tertiary/aromatic N) is 1. The fourth-order valence-electron chi connectivity index (χ4n) is 2.40. The first-order valence-electron chi connectivity index (χ1n) is 7.32. The number of rotatable bonds is 2. The summed E-state index contributed by atoms with van der Waals surface area (Å²) in [6.07, 6.45) is 0. The van der Waals surface area contributed by atoms with E-state index in [1.54, 1.807) is 18.2 Å². The van der Waals surface area contributed by atoms with Crippen LogP contribution in [0.4, 0.5) is 10.5 Å². The van der Waals surface area contributed by atoms with E-state index in [1.165, 1.54) is 11.8 Å². The van der Waals surface area contributed by atoms with Crippen LogP contribution in [0.3, 0.4) is 0 Å². The lowest BCUT2D eigenvalue weighted by atomic mass is 10.2. The van der Waals surface area contributed by atoms with Crippen LogP contribution in [0.25, 0.3) is 0 Å². The van der Waals surface area contributed by atoms with Gasteiger partial charge in [-0.3, -0.25) is 9.69 Å². The van der Waals surface area contributed by atoms with Gasteiger partial charge in [-0.15, -0.1) is 0 Å². The molecule has 2 aromatic rings. The molecule has 0 fully saturated rings. The summed E-state index contributed by atoms with van der Waals surface area (Å²) in [7, 11) is 0. The molecule has 124 valence electrons. The Kier molecular flexibility index (Phi) is 4.31. The van der Waals surface area contributed by atoms with Crippen LogP contribution in [-0.4, -0.2) is 23.1 Å². The van der Waals surface area contributed by atoms with Gasteiger partial charge in [0.15, 0.2) is 5.75 Å². The van der Waals surface area contributed by atoms with Gasteiger partial charge < -0.3 is 15.2 Å². The second-order valence-corrected chi connectivity index (χ2v) is 5.85. The highest BCUT2D eigenvalue weighted by atomic mass is 35.5. The molecule has 3 rings (SSSR count). The number of aliphatic carboxylic acids is 1. The van der Waals surface area contributed by atoms with Crippen LogP contribution >= 0.6 is 11.6 Å². The molecule has 0 saturated heterocycles. The highest BCUT2D eigenvalue weighted by Gasteiger charge is 2.27. The number of amides is 2. The molecule has 1 atom stereocenters. The van der Waals surface area contributed by atoms with Crippen LogP contribution < -0.4 is 15.0 Å². The van der Waals surface area contributed by atoms with Crippen LogP contribution in [0.1, 0.15) is 12.5 Å². The maximum Gasteiger partial charge on any atom is 0.325 e. The summed E-state index contributed by atoms with van der Waals surface area (Å²) in [5.74, 6) is 0.00581. The zero-order chi connectivity index (χ0) is 17.3. The number of carbonyl (C=O) groups is 2. The molecule has 0 radical (unpaired) electrons. The lowest BCUT2D eigenvalue weighted by Crippen LogP contribution is -2.46. The van der Waals surface area contributed by atoms with Crippen molar-refractivity contribution >= 4 is 29.3 Å². The van der Waals surface area contributed by atoms with Gasteiger partial charge in [0.05, 0.1) is 12.2 Å². The number of carbonyl (C=O) groups excluding carboxylic acids is 1. The van der Waals surface area contributed by atoms with E-state index in [2.05, 4.69) is 5.32 Å². The highest BCUT2D eigenvalue weighted by Crippen LogP contribution is 2.40. The van der Waals surface area contributed by atoms with Crippen LogP contribution in [0, 0.1) is 0 Å². The van der Waals surface area contributed by atoms with Crippen molar-refractivity contribution in [1.82, 2.24) is 5.32 Å². The molecule has 0 saturated carbocycles. The van der Waals surface area contributed by atoms with Crippen molar-refractivity contribution in [2.45, 2.75) is 19.5 Å². The smallest absolute Gasteiger partial charge is 0.325 e. The van der Waals surface area contributed by atoms with Gasteiger partial charge >= 0.3 is 12.0 Å². The summed E-state index contributed by atoms with van der Waals surface area (Å²) in [5.41, 5.74) is 1.29. The summed E-state index contributed by atoms with van der Waals surface area (Å²) in [6.45, 7) is 1.64. The van der Waals surface area contributed by atoms with Gasteiger partial charge in [-0.2, -0.15) is 0 Å². The molecular formula is C17H15ClN2O4. The van der Waals surface area contributed by atoms with E-state index in [0.717, 1.165) is 5.56 Å². The molecule has 2 aromatic carbocycles. The molecule has 0 bridgehead atoms. The summed E-state index contributed by atoms with van der Waals surface area (Å²) >= 11 is 6.06. The number of ether oxygens (including phenoxy) is 1. The maximum absolute atomic E-state index is 12.6. The average molecular weight is 347 g/mol. The van der Waals surface area contributed by atoms with E-state index in [-0.39, 0.29) is 6.54 Å². The number of anilines is 1. The van der Waals surface area contributed by atoms with E-state index >= 15 is 0 Å². The molecular weight excluding hydrogens is 332 g/mol. The number of fused-ring (bicyclic) bond motifs is 2. The van der Waals surface area contributed by atoms with E-state index < -0.39 is 18.0 Å². The number of hydrogen-bond donors (Lipinski definition) is 2. The highest BCUT2D eigenvalue weighted by molar-refractivity contribution is 6.31. The van der Waals surface area contributed by atoms with Crippen molar-refractivity contribution in [3.05, 3.63) is 53.1 Å². The van der Waals surface area contributed by atoms with Crippen LogP contribution in [0.2, 0.25) is 5.02 Å². The first-order valence-corrected chi connectivity index (χ1v) is 7.69. The lowest BCUT2D eigenvalue weighted by Gasteiger charge is -2.23. The van der Waals surface area contributed by atoms with Crippen molar-refractivity contribution in [3.8, 4) is 11.5 Å². The SMILES string of the molecule is C[C@@H](NC(=O)N1Cc2ccccc2Oc2ccc(Cl)cc21)C(=O)O. The summed E-state index contributed by atoms with van der Waals surface area (Å²) in [5, 5.41) is 11.9. The molecule has 0 aromatic heterocycles. The second kappa shape index (κ2) is 6.41. The Morgan fingerprint density at radius 2 is 2.00 bits per heavy atom. The van der Waals surface area contributed by atoms with Crippen molar-refractivity contribution in [3.63, 3.8) is 0 Å². The third-order valence-corrected chi connectivity index (χ3v) is 3.92. The van der Waals surface area contributed by atoms with Gasteiger partial charge in [-0.1, -0.05) is 29.8 Å². The standard InChI is InChI=1S/C17H15ClN2O4/c1-10(16(21)22)19-17(23)20-9-11-4-2-3-5-14(11)24-15-7-6-12(18)8-13(15)20/h2-8,10H,9H2,1H3,(H,19,23)(H,21,22)/t10-/m1/s1. The maximum atomic E-state index is 12.6. The Bertz CT molecular complexity index is 809. The van der Waals surface area contributed by atoms with Crippen molar-refractivity contribution in [1.29, 1.82) is 0 Å². The number of benzene rings is 2. The minimum atomic E-state index is -1.11. The molecule has 0 spiro atoms. The fraction of sp³-hybridized carbons (Fsp3) is 0.176. The largest absolute Gasteiger partial charge is 0.480 e. The molecule has 6 nitrogen and oxygen atoms in total. The Morgan fingerprint density at radius 3 is 2.75 bits per heavy atom. The van der Waals surface area contributed by atoms with E-state index in [9.17, 15) is 9.59 Å². The molecule has 24 heavy (non-hydrogen) atoms. The van der Waals surface area contributed by atoms with Gasteiger partial charge in [0, 0.05) is 10.6 Å². The van der Waals surface area contributed by atoms with Crippen LogP contribution in [-0.2, 0) is 11.3 Å². The van der Waals surface area contributed by atoms with Crippen LogP contribution in [0.15, 0.2) is 42.5 Å². The van der Waals surface area contributed by atoms with Gasteiger partial charge in [0.2, 0.25) is 0 Å². The fourth-order valence-corrected chi connectivity index (χ4v) is 2.57. The number of halogens is 1. The summed E-state index contributed by atoms with van der Waals surface area (Å²) < 4.78 is 5.89. The predicted octanol–water partition coefficient (Wildman–Crippen LogP) is 3.64. The van der Waals surface area contributed by atoms with Gasteiger partial charge in [0.25, 0.3) is 0 Å².